The Morgan fingerprint density at radius 2 is 0.947 bits per heavy atom. The largest absolute Gasteiger partial charge is 1.00 e. The van der Waals surface area contributed by atoms with Gasteiger partial charge in [0, 0.05) is 33.1 Å². The van der Waals surface area contributed by atoms with E-state index in [0.717, 1.165) is 0 Å². The fourth-order valence-corrected chi connectivity index (χ4v) is 11.4. The maximum atomic E-state index is 11.4. The fourth-order valence-electron chi connectivity index (χ4n) is 6.80. The van der Waals surface area contributed by atoms with E-state index in [1.54, 1.807) is 6.92 Å². The first kappa shape index (κ1) is 59.9. The number of ether oxygens (including phenoxy) is 3. The van der Waals surface area contributed by atoms with Gasteiger partial charge in [-0.3, -0.25) is 9.59 Å². The Kier molecular flexibility index (Phi) is 27.1. The van der Waals surface area contributed by atoms with Gasteiger partial charge in [-0.15, -0.1) is 0 Å². The molecule has 0 aromatic heterocycles. The summed E-state index contributed by atoms with van der Waals surface area (Å²) >= 11 is 0. The van der Waals surface area contributed by atoms with Gasteiger partial charge in [-0.2, -0.15) is 0 Å². The molecule has 3 rings (SSSR count). The summed E-state index contributed by atoms with van der Waals surface area (Å²) in [6, 6.07) is 0. The van der Waals surface area contributed by atoms with Crippen molar-refractivity contribution in [2.75, 3.05) is 19.8 Å². The molecule has 4 unspecified atom stereocenters. The van der Waals surface area contributed by atoms with Gasteiger partial charge >= 0.3 is 29.6 Å². The average molecular weight is 892 g/mol. The van der Waals surface area contributed by atoms with Crippen molar-refractivity contribution in [3.05, 3.63) is 0 Å². The van der Waals surface area contributed by atoms with Crippen molar-refractivity contribution in [2.45, 2.75) is 200 Å². The van der Waals surface area contributed by atoms with E-state index in [1.807, 2.05) is 6.92 Å². The Morgan fingerprint density at radius 3 is 1.30 bits per heavy atom. The van der Waals surface area contributed by atoms with Crippen LogP contribution >= 0.6 is 0 Å². The maximum absolute atomic E-state index is 11.4. The zero-order chi connectivity index (χ0) is 42.9. The molecule has 0 aromatic carbocycles. The molecule has 19 heteroatoms. The first-order chi connectivity index (χ1) is 24.8. The van der Waals surface area contributed by atoms with Crippen molar-refractivity contribution in [1.82, 2.24) is 0 Å². The molecule has 0 spiro atoms. The minimum Gasteiger partial charge on any atom is -1.00 e. The molecule has 3 radical (unpaired) electrons. The zero-order valence-electron chi connectivity index (χ0n) is 39.8. The first-order valence-corrected chi connectivity index (χ1v) is 33.7. The molecule has 3 heterocycles. The Morgan fingerprint density at radius 1 is 0.614 bits per heavy atom. The summed E-state index contributed by atoms with van der Waals surface area (Å²) in [5.41, 5.74) is 0. The number of carbonyl (C=O) groups is 2. The van der Waals surface area contributed by atoms with Crippen molar-refractivity contribution in [1.29, 1.82) is 0 Å². The van der Waals surface area contributed by atoms with Gasteiger partial charge in [-0.1, -0.05) is 13.8 Å². The molecule has 331 valence electrons. The quantitative estimate of drug-likeness (QED) is 0.186. The standard InChI is InChI=1S/C15H34O4Si2.C15H32O4Si2.C8H14O5.B.Na.H/c2*1-11(16)9-13-12(2)15(19-21(6,7)8)14(10-17-13)18-20(3,4)5;1-4(9)2-6-8(12)7(11)5(10)3-13-6;;;/h11-16H,9-10H2,1-8H3;12-15H,9-10H2,1-8H3;5-8,10-12H,2-3H2,1H3;;;/q;;;;+1;-1/t11?,12-,13?,14+,15+;12-,13?,14+,15+;5-,6?,7+,8+;;;/m001.../s1. The predicted molar refractivity (Wildman–Crippen MR) is 232 cm³/mol. The average Bonchev–Trinajstić information content (AvgIpc) is 2.98. The zero-order valence-corrected chi connectivity index (χ0v) is 44.8. The first-order valence-electron chi connectivity index (χ1n) is 20.1. The molecular weight excluding hydrogens is 811 g/mol. The van der Waals surface area contributed by atoms with E-state index < -0.39 is 57.7 Å². The van der Waals surface area contributed by atoms with E-state index in [0.29, 0.717) is 26.1 Å². The molecular formula is C38H81BNaO13Si4. The van der Waals surface area contributed by atoms with Crippen LogP contribution in [0, 0.1) is 11.8 Å². The Balaban J connectivity index is -0.000000783. The minimum absolute atomic E-state index is 0. The van der Waals surface area contributed by atoms with Gasteiger partial charge in [0.05, 0.1) is 68.7 Å². The van der Waals surface area contributed by atoms with Gasteiger partial charge in [0.2, 0.25) is 0 Å². The third kappa shape index (κ3) is 24.3. The second-order valence-corrected chi connectivity index (χ2v) is 37.5. The second-order valence-electron chi connectivity index (χ2n) is 19.7. The van der Waals surface area contributed by atoms with E-state index in [9.17, 15) is 24.9 Å². The van der Waals surface area contributed by atoms with E-state index in [4.69, 9.17) is 37.0 Å². The van der Waals surface area contributed by atoms with Gasteiger partial charge < -0.3 is 53.8 Å². The predicted octanol–water partition coefficient (Wildman–Crippen LogP) is 1.86. The summed E-state index contributed by atoms with van der Waals surface area (Å²) in [7, 11) is -6.63. The van der Waals surface area contributed by atoms with Crippen molar-refractivity contribution >= 4 is 53.2 Å². The van der Waals surface area contributed by atoms with Crippen LogP contribution < -0.4 is 29.6 Å². The molecule has 3 aliphatic heterocycles. The van der Waals surface area contributed by atoms with Crippen LogP contribution in [0.1, 0.15) is 55.3 Å². The Labute approximate surface area is 375 Å². The van der Waals surface area contributed by atoms with Crippen molar-refractivity contribution < 1.29 is 92.9 Å². The number of rotatable bonds is 14. The Bertz CT molecular complexity index is 1170. The second kappa shape index (κ2) is 25.8. The van der Waals surface area contributed by atoms with Gasteiger partial charge in [0.25, 0.3) is 0 Å². The molecule has 13 nitrogen and oxygen atoms in total. The molecule has 13 atom stereocenters. The van der Waals surface area contributed by atoms with Gasteiger partial charge in [0.15, 0.2) is 33.3 Å². The summed E-state index contributed by atoms with van der Waals surface area (Å²) in [4.78, 5) is 22.1. The number of hydrogen-bond donors (Lipinski definition) is 4. The molecule has 0 saturated carbocycles. The molecule has 3 fully saturated rings. The summed E-state index contributed by atoms with van der Waals surface area (Å²) in [5.74, 6) is 0.466. The molecule has 0 aromatic rings. The van der Waals surface area contributed by atoms with Crippen LogP contribution in [0.4, 0.5) is 0 Å². The number of ketones is 2. The van der Waals surface area contributed by atoms with Gasteiger partial charge in [-0.05, 0) is 106 Å². The van der Waals surface area contributed by atoms with Crippen LogP contribution in [-0.4, -0.2) is 161 Å². The number of hydrogen-bond acceptors (Lipinski definition) is 13. The summed E-state index contributed by atoms with van der Waals surface area (Å²) in [6.07, 6.45) is -3.24. The maximum Gasteiger partial charge on any atom is 1.00 e. The summed E-state index contributed by atoms with van der Waals surface area (Å²) in [5, 5.41) is 37.3. The molecule has 3 saturated heterocycles. The fraction of sp³-hybridized carbons (Fsp3) is 0.947. The molecule has 0 amide bonds. The van der Waals surface area contributed by atoms with E-state index in [2.05, 4.69) is 92.4 Å². The molecule has 0 aliphatic carbocycles. The van der Waals surface area contributed by atoms with Crippen LogP contribution in [0.3, 0.4) is 0 Å². The van der Waals surface area contributed by atoms with E-state index in [-0.39, 0.29) is 119 Å². The summed E-state index contributed by atoms with van der Waals surface area (Å²) < 4.78 is 42.3. The number of carbonyl (C=O) groups excluding carboxylic acids is 2. The van der Waals surface area contributed by atoms with Gasteiger partial charge in [-0.25, -0.2) is 0 Å². The molecule has 4 N–H and O–H groups in total. The third-order valence-corrected chi connectivity index (χ3v) is 13.0. The van der Waals surface area contributed by atoms with Crippen molar-refractivity contribution in [3.63, 3.8) is 0 Å². The van der Waals surface area contributed by atoms with Crippen LogP contribution in [0.15, 0.2) is 0 Å². The van der Waals surface area contributed by atoms with Crippen LogP contribution in [-0.2, 0) is 41.5 Å². The monoisotopic (exact) mass is 891 g/mol. The van der Waals surface area contributed by atoms with E-state index in [1.165, 1.54) is 6.92 Å². The number of aliphatic hydroxyl groups excluding tert-OH is 4. The van der Waals surface area contributed by atoms with Crippen molar-refractivity contribution in [2.24, 2.45) is 11.8 Å². The number of aliphatic hydroxyl groups is 4. The smallest absolute Gasteiger partial charge is 1.00 e. The molecule has 57 heavy (non-hydrogen) atoms. The third-order valence-electron chi connectivity index (χ3n) is 9.04. The number of Topliss-reactive ketones (excluding diaryl/α,β-unsaturated/α-hetero) is 2. The minimum atomic E-state index is -1.68. The van der Waals surface area contributed by atoms with Crippen LogP contribution in [0.25, 0.3) is 0 Å². The molecule has 3 aliphatic rings. The SMILES string of the molecule is CC(=O)CC1OC[C@@H](O)[C@H](O)[C@H]1O.CC(=O)CC1OC[C@@H](O[Si](C)(C)C)[C@H](O[Si](C)(C)C)[C@H]1C.CC(O)CC1OC[C@@H](O[Si](C)(C)C)[C@H](O[Si](C)(C)C)[C@H]1C.[B].[H-].[Na+]. The summed E-state index contributed by atoms with van der Waals surface area (Å²) in [6.45, 7) is 36.5. The van der Waals surface area contributed by atoms with Crippen LogP contribution in [0.2, 0.25) is 78.6 Å². The van der Waals surface area contributed by atoms with E-state index >= 15 is 0 Å². The van der Waals surface area contributed by atoms with Gasteiger partial charge in [0.1, 0.15) is 29.9 Å². The topological polar surface area (TPSA) is 180 Å². The van der Waals surface area contributed by atoms with Crippen molar-refractivity contribution in [3.8, 4) is 0 Å². The normalized spacial score (nSPS) is 32.9. The Hall–Kier alpha value is 0.832. The molecule has 0 bridgehead atoms. The van der Waals surface area contributed by atoms with Crippen LogP contribution in [0.5, 0.6) is 0 Å².